The van der Waals surface area contributed by atoms with E-state index in [9.17, 15) is 4.79 Å². The molecule has 1 heterocycles. The minimum absolute atomic E-state index is 0.298. The van der Waals surface area contributed by atoms with E-state index in [0.717, 1.165) is 10.5 Å². The molecule has 0 amide bonds. The Morgan fingerprint density at radius 2 is 1.84 bits per heavy atom. The van der Waals surface area contributed by atoms with Gasteiger partial charge in [0.05, 0.1) is 5.56 Å². The number of hydrogen-bond acceptors (Lipinski definition) is 3. The van der Waals surface area contributed by atoms with E-state index < -0.39 is 0 Å². The number of carbonyl (C=O) groups excluding carboxylic acids is 1. The molecule has 0 bridgehead atoms. The Kier molecular flexibility index (Phi) is 3.32. The smallest absolute Gasteiger partial charge is 0.344 e. The summed E-state index contributed by atoms with van der Waals surface area (Å²) in [7, 11) is 0. The SMILES string of the molecule is O=C1O/C(=C/Sc2cccc(Cl)c2)c2ccccc21. The number of carbonyl (C=O) groups is 1. The second kappa shape index (κ2) is 5.11. The minimum Gasteiger partial charge on any atom is -0.422 e. The van der Waals surface area contributed by atoms with Gasteiger partial charge in [-0.1, -0.05) is 47.6 Å². The number of esters is 1. The molecule has 3 rings (SSSR count). The summed E-state index contributed by atoms with van der Waals surface area (Å²) in [4.78, 5) is 12.6. The van der Waals surface area contributed by atoms with Crippen LogP contribution in [-0.2, 0) is 4.74 Å². The summed E-state index contributed by atoms with van der Waals surface area (Å²) < 4.78 is 5.25. The number of ether oxygens (including phenoxy) is 1. The van der Waals surface area contributed by atoms with E-state index in [-0.39, 0.29) is 5.97 Å². The van der Waals surface area contributed by atoms with Crippen LogP contribution in [0.4, 0.5) is 0 Å². The molecule has 0 aliphatic carbocycles. The Balaban J connectivity index is 1.88. The molecule has 94 valence electrons. The van der Waals surface area contributed by atoms with Crippen molar-refractivity contribution in [3.63, 3.8) is 0 Å². The molecule has 0 saturated carbocycles. The number of cyclic esters (lactones) is 1. The largest absolute Gasteiger partial charge is 0.422 e. The summed E-state index contributed by atoms with van der Waals surface area (Å²) in [6, 6.07) is 14.9. The third-order valence-electron chi connectivity index (χ3n) is 2.71. The van der Waals surface area contributed by atoms with Gasteiger partial charge in [-0.3, -0.25) is 0 Å². The fourth-order valence-corrected chi connectivity index (χ4v) is 2.86. The molecule has 4 heteroatoms. The molecule has 0 N–H and O–H groups in total. The van der Waals surface area contributed by atoms with E-state index in [4.69, 9.17) is 16.3 Å². The van der Waals surface area contributed by atoms with Crippen LogP contribution in [0.15, 0.2) is 58.8 Å². The van der Waals surface area contributed by atoms with Gasteiger partial charge in [-0.05, 0) is 24.3 Å². The first-order valence-electron chi connectivity index (χ1n) is 5.68. The van der Waals surface area contributed by atoms with Crippen LogP contribution < -0.4 is 0 Å². The van der Waals surface area contributed by atoms with Gasteiger partial charge in [0, 0.05) is 20.9 Å². The molecule has 0 unspecified atom stereocenters. The van der Waals surface area contributed by atoms with Gasteiger partial charge in [0.1, 0.15) is 5.76 Å². The van der Waals surface area contributed by atoms with Crippen LogP contribution in [0.2, 0.25) is 5.02 Å². The first-order valence-corrected chi connectivity index (χ1v) is 6.94. The molecular weight excluding hydrogens is 280 g/mol. The van der Waals surface area contributed by atoms with Crippen LogP contribution in [0.5, 0.6) is 0 Å². The van der Waals surface area contributed by atoms with Crippen molar-refractivity contribution in [3.8, 4) is 0 Å². The predicted molar refractivity (Wildman–Crippen MR) is 77.1 cm³/mol. The number of benzene rings is 2. The second-order valence-electron chi connectivity index (χ2n) is 3.99. The third kappa shape index (κ3) is 2.53. The average Bonchev–Trinajstić information content (AvgIpc) is 2.74. The number of fused-ring (bicyclic) bond motifs is 1. The third-order valence-corrected chi connectivity index (χ3v) is 3.81. The molecule has 0 atom stereocenters. The Hall–Kier alpha value is -1.71. The lowest BCUT2D eigenvalue weighted by Gasteiger charge is -1.99. The van der Waals surface area contributed by atoms with Crippen molar-refractivity contribution in [2.75, 3.05) is 0 Å². The highest BCUT2D eigenvalue weighted by molar-refractivity contribution is 8.02. The maximum atomic E-state index is 11.6. The maximum Gasteiger partial charge on any atom is 0.344 e. The molecule has 1 aliphatic heterocycles. The number of thioether (sulfide) groups is 1. The van der Waals surface area contributed by atoms with E-state index >= 15 is 0 Å². The molecule has 0 aromatic heterocycles. The fraction of sp³-hybridized carbons (Fsp3) is 0. The maximum absolute atomic E-state index is 11.6. The molecule has 0 spiro atoms. The zero-order valence-corrected chi connectivity index (χ0v) is 11.4. The van der Waals surface area contributed by atoms with E-state index in [1.54, 1.807) is 6.07 Å². The van der Waals surface area contributed by atoms with Crippen molar-refractivity contribution in [2.45, 2.75) is 4.90 Å². The summed E-state index contributed by atoms with van der Waals surface area (Å²) in [5.74, 6) is 0.291. The summed E-state index contributed by atoms with van der Waals surface area (Å²) in [6.45, 7) is 0. The summed E-state index contributed by atoms with van der Waals surface area (Å²) >= 11 is 7.40. The summed E-state index contributed by atoms with van der Waals surface area (Å²) in [5.41, 5.74) is 1.45. The normalized spacial score (nSPS) is 15.4. The van der Waals surface area contributed by atoms with Crippen LogP contribution in [0.1, 0.15) is 15.9 Å². The van der Waals surface area contributed by atoms with Gasteiger partial charge in [0.15, 0.2) is 0 Å². The molecular formula is C15H9ClO2S. The second-order valence-corrected chi connectivity index (χ2v) is 5.37. The van der Waals surface area contributed by atoms with Crippen molar-refractivity contribution < 1.29 is 9.53 Å². The standard InChI is InChI=1S/C15H9ClO2S/c16-10-4-3-5-11(8-10)19-9-14-12-6-1-2-7-13(12)15(17)18-14/h1-9H/b14-9+. The Bertz CT molecular complexity index is 679. The van der Waals surface area contributed by atoms with Gasteiger partial charge >= 0.3 is 5.97 Å². The highest BCUT2D eigenvalue weighted by atomic mass is 35.5. The molecule has 0 radical (unpaired) electrons. The first-order chi connectivity index (χ1) is 9.24. The van der Waals surface area contributed by atoms with Gasteiger partial charge in [0.25, 0.3) is 0 Å². The van der Waals surface area contributed by atoms with E-state index in [2.05, 4.69) is 0 Å². The van der Waals surface area contributed by atoms with Gasteiger partial charge < -0.3 is 4.74 Å². The highest BCUT2D eigenvalue weighted by Crippen LogP contribution is 2.33. The van der Waals surface area contributed by atoms with Crippen molar-refractivity contribution in [1.82, 2.24) is 0 Å². The monoisotopic (exact) mass is 288 g/mol. The van der Waals surface area contributed by atoms with Crippen LogP contribution >= 0.6 is 23.4 Å². The predicted octanol–water partition coefficient (Wildman–Crippen LogP) is 4.60. The summed E-state index contributed by atoms with van der Waals surface area (Å²) in [5, 5.41) is 2.52. The van der Waals surface area contributed by atoms with Crippen LogP contribution in [0, 0.1) is 0 Å². The lowest BCUT2D eigenvalue weighted by molar-refractivity contribution is 0.0716. The molecule has 2 aromatic carbocycles. The number of rotatable bonds is 2. The Morgan fingerprint density at radius 1 is 1.05 bits per heavy atom. The van der Waals surface area contributed by atoms with Gasteiger partial charge in [0.2, 0.25) is 0 Å². The van der Waals surface area contributed by atoms with E-state index in [0.29, 0.717) is 16.3 Å². The zero-order valence-electron chi connectivity index (χ0n) is 9.80. The topological polar surface area (TPSA) is 26.3 Å². The highest BCUT2D eigenvalue weighted by Gasteiger charge is 2.25. The van der Waals surface area contributed by atoms with Crippen molar-refractivity contribution >= 4 is 35.1 Å². The quantitative estimate of drug-likeness (QED) is 0.597. The Morgan fingerprint density at radius 3 is 2.63 bits per heavy atom. The van der Waals surface area contributed by atoms with Gasteiger partial charge in [-0.15, -0.1) is 0 Å². The average molecular weight is 289 g/mol. The summed E-state index contributed by atoms with van der Waals surface area (Å²) in [6.07, 6.45) is 0. The lowest BCUT2D eigenvalue weighted by atomic mass is 10.1. The molecule has 0 saturated heterocycles. The van der Waals surface area contributed by atoms with Crippen molar-refractivity contribution in [3.05, 3.63) is 70.1 Å². The number of hydrogen-bond donors (Lipinski definition) is 0. The van der Waals surface area contributed by atoms with Crippen LogP contribution in [0.25, 0.3) is 5.76 Å². The first kappa shape index (κ1) is 12.3. The number of halogens is 1. The Labute approximate surface area is 120 Å². The van der Waals surface area contributed by atoms with E-state index in [1.807, 2.05) is 47.9 Å². The lowest BCUT2D eigenvalue weighted by Crippen LogP contribution is -1.92. The van der Waals surface area contributed by atoms with Crippen LogP contribution in [0.3, 0.4) is 0 Å². The van der Waals surface area contributed by atoms with E-state index in [1.165, 1.54) is 11.8 Å². The zero-order chi connectivity index (χ0) is 13.2. The molecule has 2 aromatic rings. The fourth-order valence-electron chi connectivity index (χ4n) is 1.84. The molecule has 19 heavy (non-hydrogen) atoms. The molecule has 1 aliphatic rings. The van der Waals surface area contributed by atoms with Gasteiger partial charge in [-0.2, -0.15) is 0 Å². The molecule has 2 nitrogen and oxygen atoms in total. The van der Waals surface area contributed by atoms with Crippen molar-refractivity contribution in [1.29, 1.82) is 0 Å². The van der Waals surface area contributed by atoms with Gasteiger partial charge in [-0.25, -0.2) is 4.79 Å². The minimum atomic E-state index is -0.298. The van der Waals surface area contributed by atoms with Crippen molar-refractivity contribution in [2.24, 2.45) is 0 Å². The molecule has 0 fully saturated rings. The van der Waals surface area contributed by atoms with Crippen LogP contribution in [-0.4, -0.2) is 5.97 Å².